The molecular formula is C26H16N6O3. The van der Waals surface area contributed by atoms with E-state index in [0.717, 1.165) is 11.0 Å². The molecule has 0 aliphatic carbocycles. The molecule has 3 aromatic carbocycles. The van der Waals surface area contributed by atoms with E-state index in [4.69, 9.17) is 5.10 Å². The summed E-state index contributed by atoms with van der Waals surface area (Å²) in [7, 11) is 0. The molecule has 3 heterocycles. The van der Waals surface area contributed by atoms with Gasteiger partial charge in [0, 0.05) is 18.3 Å². The molecule has 35 heavy (non-hydrogen) atoms. The Bertz CT molecular complexity index is 1790. The Balaban J connectivity index is 1.65. The molecule has 3 aromatic heterocycles. The van der Waals surface area contributed by atoms with Crippen molar-refractivity contribution in [3.8, 4) is 28.2 Å². The maximum Gasteiger partial charge on any atom is 0.279 e. The van der Waals surface area contributed by atoms with E-state index in [0.29, 0.717) is 34.0 Å². The van der Waals surface area contributed by atoms with E-state index >= 15 is 0 Å². The molecule has 6 rings (SSSR count). The third-order valence-electron chi connectivity index (χ3n) is 5.77. The van der Waals surface area contributed by atoms with Crippen molar-refractivity contribution < 1.29 is 4.92 Å². The summed E-state index contributed by atoms with van der Waals surface area (Å²) in [4.78, 5) is 33.2. The SMILES string of the molecule is O=c1c(-c2ccc([N+](=O)[O-])cc2)cc(-c2ccnc3nc4ccccc4n23)nn1-c1ccccc1. The summed E-state index contributed by atoms with van der Waals surface area (Å²) < 4.78 is 3.24. The number of hydrogen-bond acceptors (Lipinski definition) is 6. The van der Waals surface area contributed by atoms with Crippen molar-refractivity contribution in [2.45, 2.75) is 0 Å². The van der Waals surface area contributed by atoms with Crippen LogP contribution < -0.4 is 5.56 Å². The van der Waals surface area contributed by atoms with Crippen LogP contribution in [0.1, 0.15) is 0 Å². The van der Waals surface area contributed by atoms with Gasteiger partial charge in [-0.25, -0.2) is 9.97 Å². The highest BCUT2D eigenvalue weighted by molar-refractivity contribution is 5.82. The average molecular weight is 460 g/mol. The molecule has 168 valence electrons. The maximum atomic E-state index is 13.5. The quantitative estimate of drug-likeness (QED) is 0.279. The van der Waals surface area contributed by atoms with Gasteiger partial charge >= 0.3 is 0 Å². The number of nitrogens with zero attached hydrogens (tertiary/aromatic N) is 6. The number of rotatable bonds is 4. The lowest BCUT2D eigenvalue weighted by Gasteiger charge is -2.12. The smallest absolute Gasteiger partial charge is 0.275 e. The fourth-order valence-electron chi connectivity index (χ4n) is 4.12. The minimum atomic E-state index is -0.470. The first-order chi connectivity index (χ1) is 17.1. The monoisotopic (exact) mass is 460 g/mol. The minimum Gasteiger partial charge on any atom is -0.275 e. The van der Waals surface area contributed by atoms with E-state index in [2.05, 4.69) is 9.97 Å². The number of para-hydroxylation sites is 3. The Kier molecular flexibility index (Phi) is 4.67. The number of fused-ring (bicyclic) bond motifs is 3. The fourth-order valence-corrected chi connectivity index (χ4v) is 4.12. The molecule has 0 fully saturated rings. The lowest BCUT2D eigenvalue weighted by atomic mass is 10.1. The van der Waals surface area contributed by atoms with Crippen LogP contribution in [0.25, 0.3) is 45.0 Å². The third-order valence-corrected chi connectivity index (χ3v) is 5.77. The van der Waals surface area contributed by atoms with E-state index in [1.807, 2.05) is 52.9 Å². The number of imidazole rings is 1. The predicted molar refractivity (Wildman–Crippen MR) is 131 cm³/mol. The van der Waals surface area contributed by atoms with Gasteiger partial charge in [0.25, 0.3) is 11.2 Å². The molecule has 9 nitrogen and oxygen atoms in total. The second-order valence-electron chi connectivity index (χ2n) is 7.87. The predicted octanol–water partition coefficient (Wildman–Crippen LogP) is 4.67. The summed E-state index contributed by atoms with van der Waals surface area (Å²) in [5.74, 6) is 0.514. The summed E-state index contributed by atoms with van der Waals surface area (Å²) in [6, 6.07) is 26.2. The first-order valence-electron chi connectivity index (χ1n) is 10.8. The summed E-state index contributed by atoms with van der Waals surface area (Å²) >= 11 is 0. The molecule has 0 bridgehead atoms. The third kappa shape index (κ3) is 3.42. The van der Waals surface area contributed by atoms with Crippen molar-refractivity contribution in [3.05, 3.63) is 118 Å². The zero-order valence-electron chi connectivity index (χ0n) is 18.1. The van der Waals surface area contributed by atoms with Crippen molar-refractivity contribution in [2.24, 2.45) is 0 Å². The molecule has 9 heteroatoms. The zero-order chi connectivity index (χ0) is 23.9. The highest BCUT2D eigenvalue weighted by atomic mass is 16.6. The van der Waals surface area contributed by atoms with Crippen molar-refractivity contribution in [1.82, 2.24) is 24.1 Å². The van der Waals surface area contributed by atoms with Crippen molar-refractivity contribution in [1.29, 1.82) is 0 Å². The molecule has 0 N–H and O–H groups in total. The first kappa shape index (κ1) is 20.4. The molecule has 6 aromatic rings. The number of benzene rings is 3. The van der Waals surface area contributed by atoms with E-state index in [-0.39, 0.29) is 11.2 Å². The van der Waals surface area contributed by atoms with Gasteiger partial charge in [-0.15, -0.1) is 0 Å². The summed E-state index contributed by atoms with van der Waals surface area (Å²) in [6.07, 6.45) is 1.65. The van der Waals surface area contributed by atoms with Crippen molar-refractivity contribution in [2.75, 3.05) is 0 Å². The average Bonchev–Trinajstić information content (AvgIpc) is 3.28. The Hall–Kier alpha value is -5.18. The number of non-ortho nitro benzene ring substituents is 1. The highest BCUT2D eigenvalue weighted by Gasteiger charge is 2.17. The lowest BCUT2D eigenvalue weighted by molar-refractivity contribution is -0.384. The van der Waals surface area contributed by atoms with Gasteiger partial charge in [0.15, 0.2) is 0 Å². The van der Waals surface area contributed by atoms with Crippen LogP contribution in [-0.4, -0.2) is 29.1 Å². The molecule has 0 aliphatic heterocycles. The van der Waals surface area contributed by atoms with E-state index in [1.54, 1.807) is 36.5 Å². The van der Waals surface area contributed by atoms with E-state index in [9.17, 15) is 14.9 Å². The van der Waals surface area contributed by atoms with Crippen molar-refractivity contribution in [3.63, 3.8) is 0 Å². The van der Waals surface area contributed by atoms with Crippen LogP contribution in [0.5, 0.6) is 0 Å². The number of hydrogen-bond donors (Lipinski definition) is 0. The lowest BCUT2D eigenvalue weighted by Crippen LogP contribution is -2.23. The van der Waals surface area contributed by atoms with Crippen LogP contribution in [0.3, 0.4) is 0 Å². The molecule has 0 amide bonds. The van der Waals surface area contributed by atoms with Gasteiger partial charge in [-0.05, 0) is 54.1 Å². The van der Waals surface area contributed by atoms with Gasteiger partial charge in [-0.1, -0.05) is 30.3 Å². The first-order valence-corrected chi connectivity index (χ1v) is 10.8. The Labute approximate surface area is 197 Å². The molecule has 0 saturated carbocycles. The standard InChI is InChI=1S/C26H16N6O3/c33-25-20(17-10-12-19(13-11-17)32(34)35)16-22(29-31(25)18-6-2-1-3-7-18)24-14-15-27-26-28-21-8-4-5-9-23(21)30(24)26/h1-16H. The van der Waals surface area contributed by atoms with Gasteiger partial charge in [-0.2, -0.15) is 9.78 Å². The second kappa shape index (κ2) is 7.99. The number of nitro groups is 1. The van der Waals surface area contributed by atoms with Crippen LogP contribution >= 0.6 is 0 Å². The van der Waals surface area contributed by atoms with E-state index in [1.165, 1.54) is 16.8 Å². The summed E-state index contributed by atoms with van der Waals surface area (Å²) in [6.45, 7) is 0. The molecular weight excluding hydrogens is 444 g/mol. The number of nitro benzene ring substituents is 1. The summed E-state index contributed by atoms with van der Waals surface area (Å²) in [5, 5.41) is 15.8. The number of aromatic nitrogens is 5. The molecule has 0 unspecified atom stereocenters. The Morgan fingerprint density at radius 2 is 1.60 bits per heavy atom. The highest BCUT2D eigenvalue weighted by Crippen LogP contribution is 2.27. The second-order valence-corrected chi connectivity index (χ2v) is 7.87. The van der Waals surface area contributed by atoms with Crippen LogP contribution in [0, 0.1) is 10.1 Å². The fraction of sp³-hybridized carbons (Fsp3) is 0. The molecule has 0 atom stereocenters. The molecule has 0 radical (unpaired) electrons. The van der Waals surface area contributed by atoms with Gasteiger partial charge in [0.05, 0.1) is 32.9 Å². The van der Waals surface area contributed by atoms with Gasteiger partial charge in [-0.3, -0.25) is 19.3 Å². The van der Waals surface area contributed by atoms with Crippen LogP contribution in [0.15, 0.2) is 102 Å². The molecule has 0 aliphatic rings. The minimum absolute atomic E-state index is 0.0489. The van der Waals surface area contributed by atoms with Crippen LogP contribution in [0.4, 0.5) is 5.69 Å². The van der Waals surface area contributed by atoms with Crippen molar-refractivity contribution >= 4 is 22.5 Å². The van der Waals surface area contributed by atoms with Gasteiger partial charge in [0.2, 0.25) is 5.78 Å². The topological polar surface area (TPSA) is 108 Å². The molecule has 0 spiro atoms. The largest absolute Gasteiger partial charge is 0.279 e. The molecule has 0 saturated heterocycles. The Morgan fingerprint density at radius 1 is 0.857 bits per heavy atom. The van der Waals surface area contributed by atoms with Gasteiger partial charge in [0.1, 0.15) is 5.69 Å². The maximum absolute atomic E-state index is 13.5. The zero-order valence-corrected chi connectivity index (χ0v) is 18.1. The normalized spacial score (nSPS) is 11.2. The van der Waals surface area contributed by atoms with Crippen LogP contribution in [0.2, 0.25) is 0 Å². The Morgan fingerprint density at radius 3 is 2.37 bits per heavy atom. The van der Waals surface area contributed by atoms with Gasteiger partial charge < -0.3 is 0 Å². The van der Waals surface area contributed by atoms with Crippen LogP contribution in [-0.2, 0) is 0 Å². The summed E-state index contributed by atoms with van der Waals surface area (Å²) in [5.41, 5.74) is 4.01. The van der Waals surface area contributed by atoms with E-state index < -0.39 is 4.92 Å².